The lowest BCUT2D eigenvalue weighted by atomic mass is 9.91. The van der Waals surface area contributed by atoms with E-state index in [2.05, 4.69) is 75.4 Å². The van der Waals surface area contributed by atoms with E-state index in [0.717, 1.165) is 11.0 Å². The van der Waals surface area contributed by atoms with Crippen LogP contribution in [0.1, 0.15) is 26.3 Å². The Morgan fingerprint density at radius 3 is 1.79 bits per heavy atom. The molecule has 4 rings (SSSR count). The average molecular weight is 316 g/mol. The van der Waals surface area contributed by atoms with Crippen molar-refractivity contribution in [1.29, 1.82) is 0 Å². The van der Waals surface area contributed by atoms with E-state index in [-0.39, 0.29) is 0 Å². The van der Waals surface area contributed by atoms with E-state index >= 15 is 0 Å². The van der Waals surface area contributed by atoms with Crippen LogP contribution in [0.5, 0.6) is 0 Å². The quantitative estimate of drug-likeness (QED) is 0.315. The summed E-state index contributed by atoms with van der Waals surface area (Å²) in [6.45, 7) is 11.7. The summed E-state index contributed by atoms with van der Waals surface area (Å²) in [7, 11) is 0. The predicted molar refractivity (Wildman–Crippen MR) is 106 cm³/mol. The molecule has 0 aliphatic heterocycles. The lowest BCUT2D eigenvalue weighted by Gasteiger charge is -2.36. The molecule has 0 heterocycles. The van der Waals surface area contributed by atoms with Gasteiger partial charge in [-0.2, -0.15) is 0 Å². The summed E-state index contributed by atoms with van der Waals surface area (Å²) in [4.78, 5) is 0. The molecule has 0 saturated heterocycles. The number of benzene rings is 4. The molecule has 4 aromatic carbocycles. The Hall–Kier alpha value is -2.12. The summed E-state index contributed by atoms with van der Waals surface area (Å²) >= 11 is 0. The predicted octanol–water partition coefficient (Wildman–Crippen LogP) is 5.96. The molecule has 0 unspecified atom stereocenters. The molecule has 0 saturated carbocycles. The second-order valence-corrected chi connectivity index (χ2v) is 7.03. The first kappa shape index (κ1) is 15.4. The van der Waals surface area contributed by atoms with Gasteiger partial charge in [-0.05, 0) is 53.1 Å². The second kappa shape index (κ2) is 5.75. The zero-order chi connectivity index (χ0) is 16.7. The summed E-state index contributed by atoms with van der Waals surface area (Å²) in [5.41, 5.74) is 1.49. The molecule has 0 amide bonds. The van der Waals surface area contributed by atoms with Crippen molar-refractivity contribution in [2.75, 3.05) is 19.6 Å². The van der Waals surface area contributed by atoms with Gasteiger partial charge in [0, 0.05) is 5.56 Å². The highest BCUT2D eigenvalue weighted by atomic mass is 15.3. The van der Waals surface area contributed by atoms with E-state index in [0.29, 0.717) is 0 Å². The van der Waals surface area contributed by atoms with Gasteiger partial charge in [0.15, 0.2) is 0 Å². The summed E-state index contributed by atoms with van der Waals surface area (Å²) < 4.78 is 1.16. The van der Waals surface area contributed by atoms with Crippen molar-refractivity contribution in [3.05, 3.63) is 60.2 Å². The molecule has 0 aliphatic rings. The lowest BCUT2D eigenvalue weighted by Crippen LogP contribution is -2.46. The van der Waals surface area contributed by atoms with Gasteiger partial charge in [-0.15, -0.1) is 0 Å². The van der Waals surface area contributed by atoms with Crippen LogP contribution in [0.25, 0.3) is 32.3 Å². The van der Waals surface area contributed by atoms with E-state index in [9.17, 15) is 0 Å². The van der Waals surface area contributed by atoms with Gasteiger partial charge in [0.25, 0.3) is 0 Å². The van der Waals surface area contributed by atoms with Crippen LogP contribution in [0.4, 0.5) is 0 Å². The monoisotopic (exact) mass is 316 g/mol. The molecule has 0 N–H and O–H groups in total. The van der Waals surface area contributed by atoms with E-state index < -0.39 is 0 Å². The van der Waals surface area contributed by atoms with Crippen LogP contribution in [0.3, 0.4) is 0 Å². The van der Waals surface area contributed by atoms with Crippen molar-refractivity contribution < 1.29 is 4.48 Å². The molecule has 0 atom stereocenters. The van der Waals surface area contributed by atoms with E-state index in [4.69, 9.17) is 0 Å². The molecule has 0 aliphatic carbocycles. The highest BCUT2D eigenvalue weighted by Crippen LogP contribution is 2.36. The Labute approximate surface area is 144 Å². The van der Waals surface area contributed by atoms with Crippen molar-refractivity contribution in [3.8, 4) is 0 Å². The van der Waals surface area contributed by atoms with Crippen molar-refractivity contribution in [2.24, 2.45) is 0 Å². The van der Waals surface area contributed by atoms with Gasteiger partial charge in [-0.25, -0.2) is 0 Å². The van der Waals surface area contributed by atoms with E-state index in [1.54, 1.807) is 0 Å². The number of nitrogens with zero attached hydrogens (tertiary/aromatic N) is 1. The first-order valence-corrected chi connectivity index (χ1v) is 9.22. The zero-order valence-corrected chi connectivity index (χ0v) is 15.0. The SMILES string of the molecule is CC[N+](CC)(CC)Cc1ccc2ccc3cccc4ccc1c2c34. The maximum absolute atomic E-state index is 2.36. The minimum absolute atomic E-state index is 1.12. The van der Waals surface area contributed by atoms with Crippen molar-refractivity contribution >= 4 is 32.3 Å². The number of hydrogen-bond acceptors (Lipinski definition) is 0. The Balaban J connectivity index is 2.01. The zero-order valence-electron chi connectivity index (χ0n) is 15.0. The minimum Gasteiger partial charge on any atom is -0.321 e. The molecule has 122 valence electrons. The molecule has 1 nitrogen and oxygen atoms in total. The van der Waals surface area contributed by atoms with Gasteiger partial charge in [0.1, 0.15) is 6.54 Å². The van der Waals surface area contributed by atoms with Gasteiger partial charge < -0.3 is 4.48 Å². The first-order valence-electron chi connectivity index (χ1n) is 9.22. The number of rotatable bonds is 5. The van der Waals surface area contributed by atoms with Crippen LogP contribution < -0.4 is 0 Å². The highest BCUT2D eigenvalue weighted by molar-refractivity contribution is 6.23. The third kappa shape index (κ3) is 2.19. The van der Waals surface area contributed by atoms with E-state index in [1.165, 1.54) is 57.5 Å². The third-order valence-corrected chi connectivity index (χ3v) is 6.14. The van der Waals surface area contributed by atoms with Gasteiger partial charge in [0.2, 0.25) is 0 Å². The van der Waals surface area contributed by atoms with E-state index in [1.807, 2.05) is 0 Å². The smallest absolute Gasteiger partial charge is 0.105 e. The molecule has 24 heavy (non-hydrogen) atoms. The highest BCUT2D eigenvalue weighted by Gasteiger charge is 2.23. The number of quaternary nitrogens is 1. The maximum Gasteiger partial charge on any atom is 0.105 e. The van der Waals surface area contributed by atoms with Crippen LogP contribution in [0, 0.1) is 0 Å². The normalized spacial score (nSPS) is 12.6. The van der Waals surface area contributed by atoms with Crippen molar-refractivity contribution in [3.63, 3.8) is 0 Å². The van der Waals surface area contributed by atoms with Gasteiger partial charge >= 0.3 is 0 Å². The molecular weight excluding hydrogens is 290 g/mol. The Morgan fingerprint density at radius 1 is 0.625 bits per heavy atom. The summed E-state index contributed by atoms with van der Waals surface area (Å²) in [6.07, 6.45) is 0. The van der Waals surface area contributed by atoms with Crippen LogP contribution in [0.15, 0.2) is 54.6 Å². The molecular formula is C23H26N+. The van der Waals surface area contributed by atoms with Gasteiger partial charge in [-0.3, -0.25) is 0 Å². The van der Waals surface area contributed by atoms with Crippen LogP contribution in [-0.4, -0.2) is 24.1 Å². The largest absolute Gasteiger partial charge is 0.321 e. The third-order valence-electron chi connectivity index (χ3n) is 6.14. The lowest BCUT2D eigenvalue weighted by molar-refractivity contribution is -0.936. The molecule has 0 aromatic heterocycles. The standard InChI is InChI=1S/C23H26N/c1-4-24(5-2,6-3)16-20-13-12-19-11-10-17-8-7-9-18-14-15-21(20)23(19)22(17)18/h7-15H,4-6,16H2,1-3H3/q+1. The fourth-order valence-corrected chi connectivity index (χ4v) is 4.30. The molecule has 0 radical (unpaired) electrons. The summed E-state index contributed by atoms with van der Waals surface area (Å²) in [6, 6.07) is 20.5. The maximum atomic E-state index is 2.36. The fourth-order valence-electron chi connectivity index (χ4n) is 4.30. The number of hydrogen-bond donors (Lipinski definition) is 0. The van der Waals surface area contributed by atoms with Crippen LogP contribution in [-0.2, 0) is 6.54 Å². The van der Waals surface area contributed by atoms with Crippen LogP contribution in [0.2, 0.25) is 0 Å². The molecule has 0 bridgehead atoms. The Morgan fingerprint density at radius 2 is 1.17 bits per heavy atom. The van der Waals surface area contributed by atoms with Crippen LogP contribution >= 0.6 is 0 Å². The van der Waals surface area contributed by atoms with Crippen molar-refractivity contribution in [2.45, 2.75) is 27.3 Å². The molecule has 0 fully saturated rings. The summed E-state index contributed by atoms with van der Waals surface area (Å²) in [5.74, 6) is 0. The van der Waals surface area contributed by atoms with Crippen molar-refractivity contribution in [1.82, 2.24) is 0 Å². The fraction of sp³-hybridized carbons (Fsp3) is 0.304. The van der Waals surface area contributed by atoms with Gasteiger partial charge in [0.05, 0.1) is 19.6 Å². The molecule has 4 aromatic rings. The first-order chi connectivity index (χ1) is 11.7. The minimum atomic E-state index is 1.12. The Bertz CT molecular complexity index is 971. The molecule has 0 spiro atoms. The van der Waals surface area contributed by atoms with Gasteiger partial charge in [-0.1, -0.05) is 54.6 Å². The summed E-state index contributed by atoms with van der Waals surface area (Å²) in [5, 5.41) is 8.38. The topological polar surface area (TPSA) is 0 Å². The Kier molecular flexibility index (Phi) is 3.69. The average Bonchev–Trinajstić information content (AvgIpc) is 2.65. The second-order valence-electron chi connectivity index (χ2n) is 7.03. The molecule has 1 heteroatoms.